The van der Waals surface area contributed by atoms with Gasteiger partial charge >= 0.3 is 0 Å². The van der Waals surface area contributed by atoms with Gasteiger partial charge in [-0.25, -0.2) is 0 Å². The number of benzene rings is 2. The number of carbonyl (C=O) groups is 1. The van der Waals surface area contributed by atoms with Crippen molar-refractivity contribution in [3.8, 4) is 28.7 Å². The fraction of sp³-hybridized carbons (Fsp3) is 0.286. The number of nitrogens with zero attached hydrogens (tertiary/aromatic N) is 3. The SMILES string of the molecule is COc1cccc(-c2nc(C3CC(=O)N(Cc4ccc5c(c4)OCO5)C3)no2)c1. The Labute approximate surface area is 167 Å². The Morgan fingerprint density at radius 3 is 2.97 bits per heavy atom. The van der Waals surface area contributed by atoms with Crippen LogP contribution in [0.3, 0.4) is 0 Å². The first kappa shape index (κ1) is 17.5. The minimum absolute atomic E-state index is 0.0698. The van der Waals surface area contributed by atoms with Crippen LogP contribution in [0, 0.1) is 0 Å². The summed E-state index contributed by atoms with van der Waals surface area (Å²) in [5, 5.41) is 4.11. The number of methoxy groups -OCH3 is 1. The summed E-state index contributed by atoms with van der Waals surface area (Å²) in [6.45, 7) is 1.29. The molecule has 1 aromatic heterocycles. The molecule has 0 aliphatic carbocycles. The van der Waals surface area contributed by atoms with Crippen molar-refractivity contribution >= 4 is 5.91 Å². The van der Waals surface area contributed by atoms with E-state index in [0.717, 1.165) is 16.9 Å². The van der Waals surface area contributed by atoms with E-state index in [1.54, 1.807) is 7.11 Å². The molecular formula is C21H19N3O5. The summed E-state index contributed by atoms with van der Waals surface area (Å²) in [6, 6.07) is 13.2. The maximum atomic E-state index is 12.5. The van der Waals surface area contributed by atoms with Crippen molar-refractivity contribution in [2.24, 2.45) is 0 Å². The summed E-state index contributed by atoms with van der Waals surface area (Å²) in [5.74, 6) is 3.10. The summed E-state index contributed by atoms with van der Waals surface area (Å²) in [4.78, 5) is 18.8. The molecule has 1 unspecified atom stereocenters. The number of aromatic nitrogens is 2. The standard InChI is InChI=1S/C21H19N3O5/c1-26-16-4-2-3-14(8-16)21-22-20(23-29-21)15-9-19(25)24(11-15)10-13-5-6-17-18(7-13)28-12-27-17/h2-8,15H,9-12H2,1H3. The summed E-state index contributed by atoms with van der Waals surface area (Å²) >= 11 is 0. The average molecular weight is 393 g/mol. The molecule has 0 spiro atoms. The molecule has 8 heteroatoms. The number of rotatable bonds is 5. The van der Waals surface area contributed by atoms with Crippen molar-refractivity contribution in [2.45, 2.75) is 18.9 Å². The molecule has 2 aliphatic heterocycles. The minimum atomic E-state index is -0.0976. The highest BCUT2D eigenvalue weighted by Crippen LogP contribution is 2.34. The summed E-state index contributed by atoms with van der Waals surface area (Å²) in [7, 11) is 1.61. The molecule has 1 saturated heterocycles. The van der Waals surface area contributed by atoms with Gasteiger partial charge in [0, 0.05) is 31.0 Å². The van der Waals surface area contributed by atoms with Crippen LogP contribution in [-0.4, -0.2) is 41.4 Å². The van der Waals surface area contributed by atoms with Crippen LogP contribution in [0.15, 0.2) is 47.0 Å². The lowest BCUT2D eigenvalue weighted by molar-refractivity contribution is -0.128. The van der Waals surface area contributed by atoms with E-state index in [4.69, 9.17) is 18.7 Å². The molecule has 1 atom stereocenters. The first-order chi connectivity index (χ1) is 14.2. The van der Waals surface area contributed by atoms with Gasteiger partial charge in [-0.1, -0.05) is 17.3 Å². The number of likely N-dealkylation sites (tertiary alicyclic amines) is 1. The van der Waals surface area contributed by atoms with Crippen molar-refractivity contribution < 1.29 is 23.5 Å². The monoisotopic (exact) mass is 393 g/mol. The van der Waals surface area contributed by atoms with E-state index in [0.29, 0.717) is 42.7 Å². The molecule has 0 saturated carbocycles. The second-order valence-electron chi connectivity index (χ2n) is 7.05. The first-order valence-corrected chi connectivity index (χ1v) is 9.34. The highest BCUT2D eigenvalue weighted by atomic mass is 16.7. The zero-order valence-corrected chi connectivity index (χ0v) is 15.8. The smallest absolute Gasteiger partial charge is 0.258 e. The Balaban J connectivity index is 1.30. The molecule has 3 aromatic rings. The van der Waals surface area contributed by atoms with Gasteiger partial charge in [-0.15, -0.1) is 0 Å². The Kier molecular flexibility index (Phi) is 4.31. The minimum Gasteiger partial charge on any atom is -0.497 e. The van der Waals surface area contributed by atoms with E-state index < -0.39 is 0 Å². The van der Waals surface area contributed by atoms with Crippen LogP contribution in [0.25, 0.3) is 11.5 Å². The van der Waals surface area contributed by atoms with Crippen LogP contribution >= 0.6 is 0 Å². The lowest BCUT2D eigenvalue weighted by Gasteiger charge is -2.16. The Hall–Kier alpha value is -3.55. The number of hydrogen-bond acceptors (Lipinski definition) is 7. The van der Waals surface area contributed by atoms with E-state index in [1.165, 1.54) is 0 Å². The second-order valence-corrected chi connectivity index (χ2v) is 7.05. The molecule has 2 aliphatic rings. The number of fused-ring (bicyclic) bond motifs is 1. The zero-order valence-electron chi connectivity index (χ0n) is 15.8. The van der Waals surface area contributed by atoms with E-state index in [2.05, 4.69) is 10.1 Å². The van der Waals surface area contributed by atoms with Crippen LogP contribution in [-0.2, 0) is 11.3 Å². The molecule has 0 radical (unpaired) electrons. The van der Waals surface area contributed by atoms with Crippen molar-refractivity contribution in [3.63, 3.8) is 0 Å². The largest absolute Gasteiger partial charge is 0.497 e. The number of amides is 1. The van der Waals surface area contributed by atoms with Crippen LogP contribution in [0.5, 0.6) is 17.2 Å². The van der Waals surface area contributed by atoms with Crippen LogP contribution in [0.2, 0.25) is 0 Å². The quantitative estimate of drug-likeness (QED) is 0.658. The van der Waals surface area contributed by atoms with Gasteiger partial charge in [0.1, 0.15) is 5.75 Å². The van der Waals surface area contributed by atoms with E-state index >= 15 is 0 Å². The Morgan fingerprint density at radius 2 is 2.07 bits per heavy atom. The topological polar surface area (TPSA) is 86.9 Å². The number of ether oxygens (including phenoxy) is 3. The van der Waals surface area contributed by atoms with Gasteiger partial charge in [0.05, 0.1) is 7.11 Å². The van der Waals surface area contributed by atoms with Crippen molar-refractivity contribution in [1.82, 2.24) is 15.0 Å². The molecule has 8 nitrogen and oxygen atoms in total. The highest BCUT2D eigenvalue weighted by Gasteiger charge is 2.34. The maximum absolute atomic E-state index is 12.5. The third-order valence-electron chi connectivity index (χ3n) is 5.15. The van der Waals surface area contributed by atoms with E-state index in [9.17, 15) is 4.79 Å². The fourth-order valence-corrected chi connectivity index (χ4v) is 3.63. The maximum Gasteiger partial charge on any atom is 0.258 e. The predicted molar refractivity (Wildman–Crippen MR) is 102 cm³/mol. The third kappa shape index (κ3) is 3.37. The molecule has 148 valence electrons. The summed E-state index contributed by atoms with van der Waals surface area (Å²) in [6.07, 6.45) is 0.363. The van der Waals surface area contributed by atoms with Crippen LogP contribution in [0.4, 0.5) is 0 Å². The lowest BCUT2D eigenvalue weighted by atomic mass is 10.1. The predicted octanol–water partition coefficient (Wildman–Crippen LogP) is 2.99. The van der Waals surface area contributed by atoms with Crippen molar-refractivity contribution in [1.29, 1.82) is 0 Å². The molecule has 0 bridgehead atoms. The highest BCUT2D eigenvalue weighted by molar-refractivity contribution is 5.79. The van der Waals surface area contributed by atoms with Gasteiger partial charge in [0.15, 0.2) is 17.3 Å². The van der Waals surface area contributed by atoms with Gasteiger partial charge in [0.2, 0.25) is 12.7 Å². The summed E-state index contributed by atoms with van der Waals surface area (Å²) < 4.78 is 21.4. The van der Waals surface area contributed by atoms with Crippen molar-refractivity contribution in [3.05, 3.63) is 53.9 Å². The summed E-state index contributed by atoms with van der Waals surface area (Å²) in [5.41, 5.74) is 1.78. The molecule has 2 aromatic carbocycles. The lowest BCUT2D eigenvalue weighted by Crippen LogP contribution is -2.24. The molecule has 0 N–H and O–H groups in total. The average Bonchev–Trinajstić information content (AvgIpc) is 3.48. The normalized spacial score (nSPS) is 17.8. The number of hydrogen-bond donors (Lipinski definition) is 0. The van der Waals surface area contributed by atoms with E-state index in [1.807, 2.05) is 47.4 Å². The first-order valence-electron chi connectivity index (χ1n) is 9.34. The van der Waals surface area contributed by atoms with E-state index in [-0.39, 0.29) is 18.6 Å². The van der Waals surface area contributed by atoms with Gasteiger partial charge in [-0.2, -0.15) is 4.98 Å². The number of carbonyl (C=O) groups excluding carboxylic acids is 1. The zero-order chi connectivity index (χ0) is 19.8. The molecular weight excluding hydrogens is 374 g/mol. The van der Waals surface area contributed by atoms with Gasteiger partial charge < -0.3 is 23.6 Å². The second kappa shape index (κ2) is 7.12. The van der Waals surface area contributed by atoms with Gasteiger partial charge in [-0.05, 0) is 35.9 Å². The third-order valence-corrected chi connectivity index (χ3v) is 5.15. The van der Waals surface area contributed by atoms with Crippen LogP contribution < -0.4 is 14.2 Å². The Morgan fingerprint density at radius 1 is 1.17 bits per heavy atom. The van der Waals surface area contributed by atoms with Crippen molar-refractivity contribution in [2.75, 3.05) is 20.4 Å². The molecule has 3 heterocycles. The Bertz CT molecular complexity index is 1060. The molecule has 29 heavy (non-hydrogen) atoms. The van der Waals surface area contributed by atoms with Gasteiger partial charge in [-0.3, -0.25) is 4.79 Å². The molecule has 5 rings (SSSR count). The fourth-order valence-electron chi connectivity index (χ4n) is 3.63. The van der Waals surface area contributed by atoms with Crippen LogP contribution in [0.1, 0.15) is 23.7 Å². The molecule has 1 fully saturated rings. The van der Waals surface area contributed by atoms with Gasteiger partial charge in [0.25, 0.3) is 5.89 Å². The molecule has 1 amide bonds.